The zero-order chi connectivity index (χ0) is 17.7. The van der Waals surface area contributed by atoms with Crippen molar-refractivity contribution in [1.82, 2.24) is 0 Å². The largest absolute Gasteiger partial charge is 0.451 e. The smallest absolute Gasteiger partial charge is 0.331 e. The number of halogens is 1. The van der Waals surface area contributed by atoms with Crippen molar-refractivity contribution in [3.05, 3.63) is 75.3 Å². The molecule has 0 radical (unpaired) electrons. The van der Waals surface area contributed by atoms with Crippen LogP contribution in [0.25, 0.3) is 6.08 Å². The summed E-state index contributed by atoms with van der Waals surface area (Å²) in [6.45, 7) is 5.52. The summed E-state index contributed by atoms with van der Waals surface area (Å²) >= 11 is 3.37. The summed E-state index contributed by atoms with van der Waals surface area (Å²) in [5.41, 5.74) is 3.57. The summed E-state index contributed by atoms with van der Waals surface area (Å²) in [6, 6.07) is 13.0. The van der Waals surface area contributed by atoms with E-state index in [1.807, 2.05) is 50.2 Å². The number of benzene rings is 2. The van der Waals surface area contributed by atoms with E-state index in [-0.39, 0.29) is 5.78 Å². The molecular formula is C20H19BrO3. The standard InChI is InChI=1S/C20H19BrO3/c1-13-7-9-17(11-14(13)2)20(23)15(3)24-19(22)10-8-16-5-4-6-18(21)12-16/h4-12,15H,1-3H3/b10-8+/t15-/m1/s1. The van der Waals surface area contributed by atoms with Crippen molar-refractivity contribution >= 4 is 33.8 Å². The summed E-state index contributed by atoms with van der Waals surface area (Å²) in [6.07, 6.45) is 2.15. The molecule has 0 saturated heterocycles. The summed E-state index contributed by atoms with van der Waals surface area (Å²) < 4.78 is 6.13. The Morgan fingerprint density at radius 1 is 1.08 bits per heavy atom. The molecule has 3 nitrogen and oxygen atoms in total. The molecule has 0 saturated carbocycles. The lowest BCUT2D eigenvalue weighted by molar-refractivity contribution is -0.140. The number of carbonyl (C=O) groups excluding carboxylic acids is 2. The first-order chi connectivity index (χ1) is 11.4. The van der Waals surface area contributed by atoms with E-state index in [0.717, 1.165) is 21.2 Å². The molecule has 0 N–H and O–H groups in total. The molecule has 0 bridgehead atoms. The maximum absolute atomic E-state index is 12.4. The van der Waals surface area contributed by atoms with Gasteiger partial charge < -0.3 is 4.74 Å². The van der Waals surface area contributed by atoms with Gasteiger partial charge in [-0.1, -0.05) is 40.2 Å². The summed E-state index contributed by atoms with van der Waals surface area (Å²) in [7, 11) is 0. The highest BCUT2D eigenvalue weighted by molar-refractivity contribution is 9.10. The number of ether oxygens (including phenoxy) is 1. The van der Waals surface area contributed by atoms with Crippen molar-refractivity contribution in [3.8, 4) is 0 Å². The molecule has 0 amide bonds. The highest BCUT2D eigenvalue weighted by Gasteiger charge is 2.18. The van der Waals surface area contributed by atoms with Gasteiger partial charge in [-0.2, -0.15) is 0 Å². The van der Waals surface area contributed by atoms with E-state index >= 15 is 0 Å². The van der Waals surface area contributed by atoms with Gasteiger partial charge in [0.25, 0.3) is 0 Å². The maximum Gasteiger partial charge on any atom is 0.331 e. The van der Waals surface area contributed by atoms with Gasteiger partial charge >= 0.3 is 5.97 Å². The predicted molar refractivity (Wildman–Crippen MR) is 99.0 cm³/mol. The van der Waals surface area contributed by atoms with Crippen LogP contribution in [0.3, 0.4) is 0 Å². The van der Waals surface area contributed by atoms with Gasteiger partial charge in [0, 0.05) is 16.1 Å². The van der Waals surface area contributed by atoms with Gasteiger partial charge in [0.05, 0.1) is 0 Å². The Hall–Kier alpha value is -2.20. The van der Waals surface area contributed by atoms with E-state index < -0.39 is 12.1 Å². The minimum Gasteiger partial charge on any atom is -0.451 e. The molecule has 0 aliphatic rings. The number of carbonyl (C=O) groups is 2. The number of rotatable bonds is 5. The Morgan fingerprint density at radius 2 is 1.83 bits per heavy atom. The molecular weight excluding hydrogens is 368 g/mol. The molecule has 0 aliphatic carbocycles. The van der Waals surface area contributed by atoms with E-state index in [9.17, 15) is 9.59 Å². The molecule has 2 aromatic carbocycles. The van der Waals surface area contributed by atoms with Gasteiger partial charge in [0.2, 0.25) is 5.78 Å². The quantitative estimate of drug-likeness (QED) is 0.417. The van der Waals surface area contributed by atoms with Gasteiger partial charge in [-0.3, -0.25) is 4.79 Å². The first-order valence-electron chi connectivity index (χ1n) is 7.62. The second-order valence-electron chi connectivity index (χ2n) is 5.63. The molecule has 4 heteroatoms. The Kier molecular flexibility index (Phi) is 6.10. The van der Waals surface area contributed by atoms with Crippen LogP contribution in [-0.2, 0) is 9.53 Å². The molecule has 1 atom stereocenters. The third-order valence-corrected chi connectivity index (χ3v) is 4.21. The first-order valence-corrected chi connectivity index (χ1v) is 8.42. The maximum atomic E-state index is 12.4. The third kappa shape index (κ3) is 4.90. The molecule has 24 heavy (non-hydrogen) atoms. The first kappa shape index (κ1) is 18.1. The molecule has 124 valence electrons. The number of ketones is 1. The number of aryl methyl sites for hydroxylation is 2. The van der Waals surface area contributed by atoms with E-state index in [1.165, 1.54) is 6.08 Å². The normalized spacial score (nSPS) is 12.2. The Bertz CT molecular complexity index is 793. The SMILES string of the molecule is Cc1ccc(C(=O)[C@@H](C)OC(=O)/C=C/c2cccc(Br)c2)cc1C. The Morgan fingerprint density at radius 3 is 2.50 bits per heavy atom. The van der Waals surface area contributed by atoms with E-state index in [1.54, 1.807) is 19.1 Å². The fourth-order valence-electron chi connectivity index (χ4n) is 2.17. The third-order valence-electron chi connectivity index (χ3n) is 3.71. The van der Waals surface area contributed by atoms with Crippen molar-refractivity contribution in [2.75, 3.05) is 0 Å². The van der Waals surface area contributed by atoms with Gasteiger partial charge in [-0.05, 0) is 61.7 Å². The van der Waals surface area contributed by atoms with Crippen molar-refractivity contribution < 1.29 is 14.3 Å². The van der Waals surface area contributed by atoms with Crippen LogP contribution in [0.2, 0.25) is 0 Å². The number of hydrogen-bond acceptors (Lipinski definition) is 3. The molecule has 0 aliphatic heterocycles. The Balaban J connectivity index is 2.00. The van der Waals surface area contributed by atoms with Crippen LogP contribution in [0.5, 0.6) is 0 Å². The molecule has 2 rings (SSSR count). The molecule has 0 heterocycles. The summed E-state index contributed by atoms with van der Waals surface area (Å²) in [5, 5.41) is 0. The van der Waals surface area contributed by atoms with Gasteiger partial charge in [0.1, 0.15) is 0 Å². The minimum atomic E-state index is -0.827. The minimum absolute atomic E-state index is 0.206. The van der Waals surface area contributed by atoms with E-state index in [2.05, 4.69) is 15.9 Å². The number of Topliss-reactive ketones (excluding diaryl/α,β-unsaturated/α-hetero) is 1. The predicted octanol–water partition coefficient (Wildman–Crippen LogP) is 4.89. The Labute approximate surface area is 150 Å². The zero-order valence-electron chi connectivity index (χ0n) is 13.9. The molecule has 0 spiro atoms. The lowest BCUT2D eigenvalue weighted by Crippen LogP contribution is -2.23. The van der Waals surface area contributed by atoms with Crippen LogP contribution in [0.15, 0.2) is 53.0 Å². The monoisotopic (exact) mass is 386 g/mol. The fourth-order valence-corrected chi connectivity index (χ4v) is 2.59. The zero-order valence-corrected chi connectivity index (χ0v) is 15.5. The van der Waals surface area contributed by atoms with E-state index in [4.69, 9.17) is 4.74 Å². The molecule has 0 fully saturated rings. The lowest BCUT2D eigenvalue weighted by atomic mass is 10.0. The van der Waals surface area contributed by atoms with Crippen molar-refractivity contribution in [2.45, 2.75) is 26.9 Å². The van der Waals surface area contributed by atoms with Gasteiger partial charge in [-0.15, -0.1) is 0 Å². The van der Waals surface area contributed by atoms with Crippen molar-refractivity contribution in [2.24, 2.45) is 0 Å². The second kappa shape index (κ2) is 8.06. The highest BCUT2D eigenvalue weighted by Crippen LogP contribution is 2.14. The topological polar surface area (TPSA) is 43.4 Å². The van der Waals surface area contributed by atoms with Gasteiger partial charge in [0.15, 0.2) is 6.10 Å². The van der Waals surface area contributed by atoms with Crippen LogP contribution in [0.4, 0.5) is 0 Å². The molecule has 2 aromatic rings. The molecule has 0 unspecified atom stereocenters. The second-order valence-corrected chi connectivity index (χ2v) is 6.55. The highest BCUT2D eigenvalue weighted by atomic mass is 79.9. The molecule has 0 aromatic heterocycles. The number of hydrogen-bond donors (Lipinski definition) is 0. The fraction of sp³-hybridized carbons (Fsp3) is 0.200. The van der Waals surface area contributed by atoms with Crippen molar-refractivity contribution in [3.63, 3.8) is 0 Å². The van der Waals surface area contributed by atoms with E-state index in [0.29, 0.717) is 5.56 Å². The van der Waals surface area contributed by atoms with Crippen LogP contribution >= 0.6 is 15.9 Å². The van der Waals surface area contributed by atoms with Gasteiger partial charge in [-0.25, -0.2) is 4.79 Å². The van der Waals surface area contributed by atoms with Crippen LogP contribution in [0, 0.1) is 13.8 Å². The van der Waals surface area contributed by atoms with Crippen LogP contribution in [0.1, 0.15) is 34.0 Å². The average Bonchev–Trinajstić information content (AvgIpc) is 2.55. The lowest BCUT2D eigenvalue weighted by Gasteiger charge is -2.12. The average molecular weight is 387 g/mol. The van der Waals surface area contributed by atoms with Crippen molar-refractivity contribution in [1.29, 1.82) is 0 Å². The number of esters is 1. The summed E-state index contributed by atoms with van der Waals surface area (Å²) in [4.78, 5) is 24.3. The summed E-state index contributed by atoms with van der Waals surface area (Å²) in [5.74, 6) is -0.748. The van der Waals surface area contributed by atoms with Crippen LogP contribution < -0.4 is 0 Å². The van der Waals surface area contributed by atoms with Crippen LogP contribution in [-0.4, -0.2) is 17.9 Å².